The van der Waals surface area contributed by atoms with Crippen molar-refractivity contribution in [3.63, 3.8) is 0 Å². The van der Waals surface area contributed by atoms with Gasteiger partial charge in [-0.2, -0.15) is 17.0 Å². The number of amides is 1. The molecule has 0 bridgehead atoms. The van der Waals surface area contributed by atoms with Crippen LogP contribution in [0.3, 0.4) is 0 Å². The van der Waals surface area contributed by atoms with Crippen molar-refractivity contribution in [3.05, 3.63) is 71.8 Å². The fraction of sp³-hybridized carbons (Fsp3) is 0.263. The molecule has 0 spiro atoms. The first kappa shape index (κ1) is 20.0. The molecular formula is C19H19FN2O5S. The van der Waals surface area contributed by atoms with Crippen molar-refractivity contribution in [1.29, 1.82) is 0 Å². The second-order valence-corrected chi connectivity index (χ2v) is 8.02. The molecule has 2 aromatic carbocycles. The molecule has 1 heterocycles. The van der Waals surface area contributed by atoms with Crippen LogP contribution in [0.1, 0.15) is 11.1 Å². The lowest BCUT2D eigenvalue weighted by Crippen LogP contribution is -2.41. The molecule has 9 heteroatoms. The molecule has 1 saturated heterocycles. The lowest BCUT2D eigenvalue weighted by molar-refractivity contribution is -0.145. The number of ether oxygens (including phenoxy) is 1. The fourth-order valence-electron chi connectivity index (χ4n) is 2.94. The number of rotatable bonds is 7. The lowest BCUT2D eigenvalue weighted by atomic mass is 10.1. The second kappa shape index (κ2) is 8.49. The van der Waals surface area contributed by atoms with E-state index >= 15 is 0 Å². The van der Waals surface area contributed by atoms with E-state index in [9.17, 15) is 22.4 Å². The summed E-state index contributed by atoms with van der Waals surface area (Å²) < 4.78 is 44.2. The van der Waals surface area contributed by atoms with Crippen molar-refractivity contribution in [2.45, 2.75) is 19.1 Å². The van der Waals surface area contributed by atoms with E-state index in [2.05, 4.69) is 0 Å². The minimum atomic E-state index is -4.43. The van der Waals surface area contributed by atoms with Crippen molar-refractivity contribution in [2.24, 2.45) is 0 Å². The van der Waals surface area contributed by atoms with E-state index in [1.54, 1.807) is 54.6 Å². The Labute approximate surface area is 162 Å². The number of nitrogens with zero attached hydrogens (tertiary/aromatic N) is 2. The van der Waals surface area contributed by atoms with Gasteiger partial charge < -0.3 is 4.74 Å². The molecule has 1 unspecified atom stereocenters. The number of halogens is 1. The van der Waals surface area contributed by atoms with Gasteiger partial charge in [-0.3, -0.25) is 9.59 Å². The van der Waals surface area contributed by atoms with E-state index in [0.29, 0.717) is 9.87 Å². The van der Waals surface area contributed by atoms with E-state index in [-0.39, 0.29) is 17.3 Å². The van der Waals surface area contributed by atoms with Crippen LogP contribution in [0.5, 0.6) is 0 Å². The molecule has 1 atom stereocenters. The largest absolute Gasteiger partial charge is 0.460 e. The third-order valence-electron chi connectivity index (χ3n) is 4.36. The molecule has 2 aromatic rings. The van der Waals surface area contributed by atoms with Gasteiger partial charge in [0, 0.05) is 0 Å². The summed E-state index contributed by atoms with van der Waals surface area (Å²) in [5, 5.41) is 0. The predicted octanol–water partition coefficient (Wildman–Crippen LogP) is 1.66. The van der Waals surface area contributed by atoms with Crippen LogP contribution < -0.4 is 0 Å². The first-order valence-electron chi connectivity index (χ1n) is 8.56. The molecule has 1 aliphatic heterocycles. The van der Waals surface area contributed by atoms with E-state index in [1.807, 2.05) is 6.07 Å². The first-order valence-corrected chi connectivity index (χ1v) is 9.96. The topological polar surface area (TPSA) is 84.0 Å². The maximum Gasteiger partial charge on any atom is 0.321 e. The quantitative estimate of drug-likeness (QED) is 0.516. The van der Waals surface area contributed by atoms with Crippen LogP contribution >= 0.6 is 0 Å². The fourth-order valence-corrected chi connectivity index (χ4v) is 4.42. The number of carbonyl (C=O) groups excluding carboxylic acids is 2. The predicted molar refractivity (Wildman–Crippen MR) is 98.6 cm³/mol. The molecule has 1 aliphatic rings. The van der Waals surface area contributed by atoms with Crippen molar-refractivity contribution < 1.29 is 27.1 Å². The number of esters is 1. The van der Waals surface area contributed by atoms with Crippen LogP contribution in [0.4, 0.5) is 4.39 Å². The summed E-state index contributed by atoms with van der Waals surface area (Å²) in [6.07, 6.45) is 0.0291. The van der Waals surface area contributed by atoms with Crippen LogP contribution in [-0.4, -0.2) is 48.3 Å². The minimum Gasteiger partial charge on any atom is -0.460 e. The van der Waals surface area contributed by atoms with Crippen LogP contribution in [0.2, 0.25) is 0 Å². The van der Waals surface area contributed by atoms with Crippen molar-refractivity contribution >= 4 is 22.1 Å². The zero-order valence-corrected chi connectivity index (χ0v) is 15.7. The number of carbonyl (C=O) groups is 2. The molecule has 0 saturated carbocycles. The standard InChI is InChI=1S/C19H19FN2O5S/c20-14-22-19(24)17(11-15-7-3-1-4-8-15)21(28(22,25)26)12-18(23)27-13-16-9-5-2-6-10-16/h1-10,17H,11-14H2. The van der Waals surface area contributed by atoms with Gasteiger partial charge in [0.15, 0.2) is 6.80 Å². The van der Waals surface area contributed by atoms with Crippen LogP contribution in [0.15, 0.2) is 60.7 Å². The number of alkyl halides is 1. The molecule has 1 amide bonds. The first-order chi connectivity index (χ1) is 13.4. The van der Waals surface area contributed by atoms with Gasteiger partial charge in [-0.1, -0.05) is 60.7 Å². The van der Waals surface area contributed by atoms with Gasteiger partial charge in [0.05, 0.1) is 0 Å². The minimum absolute atomic E-state index is 0.0291. The lowest BCUT2D eigenvalue weighted by Gasteiger charge is -2.19. The van der Waals surface area contributed by atoms with E-state index < -0.39 is 41.5 Å². The number of hydrogen-bond acceptors (Lipinski definition) is 5. The van der Waals surface area contributed by atoms with Crippen molar-refractivity contribution in [2.75, 3.05) is 13.3 Å². The summed E-state index contributed by atoms with van der Waals surface area (Å²) >= 11 is 0. The summed E-state index contributed by atoms with van der Waals surface area (Å²) in [7, 11) is -4.43. The maximum atomic E-state index is 13.2. The molecular weight excluding hydrogens is 387 g/mol. The summed E-state index contributed by atoms with van der Waals surface area (Å²) in [6, 6.07) is 16.4. The monoisotopic (exact) mass is 406 g/mol. The smallest absolute Gasteiger partial charge is 0.321 e. The van der Waals surface area contributed by atoms with Crippen LogP contribution in [-0.2, 0) is 37.6 Å². The van der Waals surface area contributed by atoms with Gasteiger partial charge in [0.1, 0.15) is 19.2 Å². The highest BCUT2D eigenvalue weighted by molar-refractivity contribution is 7.87. The highest BCUT2D eigenvalue weighted by Crippen LogP contribution is 2.26. The Morgan fingerprint density at radius 3 is 2.14 bits per heavy atom. The highest BCUT2D eigenvalue weighted by atomic mass is 32.2. The van der Waals surface area contributed by atoms with Gasteiger partial charge in [-0.15, -0.1) is 0 Å². The Hall–Kier alpha value is -2.78. The normalized spacial score (nSPS) is 19.0. The Bertz CT molecular complexity index is 937. The van der Waals surface area contributed by atoms with E-state index in [4.69, 9.17) is 4.74 Å². The molecule has 7 nitrogen and oxygen atoms in total. The summed E-state index contributed by atoms with van der Waals surface area (Å²) in [5.41, 5.74) is 1.43. The van der Waals surface area contributed by atoms with Gasteiger partial charge in [-0.05, 0) is 17.5 Å². The molecule has 0 N–H and O–H groups in total. The van der Waals surface area contributed by atoms with Crippen molar-refractivity contribution in [3.8, 4) is 0 Å². The van der Waals surface area contributed by atoms with Gasteiger partial charge in [-0.25, -0.2) is 4.39 Å². The molecule has 28 heavy (non-hydrogen) atoms. The molecule has 0 aliphatic carbocycles. The maximum absolute atomic E-state index is 13.2. The molecule has 1 fully saturated rings. The highest BCUT2D eigenvalue weighted by Gasteiger charge is 2.51. The Balaban J connectivity index is 1.76. The Morgan fingerprint density at radius 2 is 1.57 bits per heavy atom. The molecule has 148 valence electrons. The van der Waals surface area contributed by atoms with E-state index in [1.165, 1.54) is 0 Å². The SMILES string of the molecule is O=C(CN1C(Cc2ccccc2)C(=O)N(CF)S1(=O)=O)OCc1ccccc1. The van der Waals surface area contributed by atoms with Gasteiger partial charge in [0.2, 0.25) is 0 Å². The Kier molecular flexibility index (Phi) is 6.05. The third-order valence-corrected chi connectivity index (χ3v) is 6.17. The average Bonchev–Trinajstić information content (AvgIpc) is 2.87. The summed E-state index contributed by atoms with van der Waals surface area (Å²) in [4.78, 5) is 24.6. The van der Waals surface area contributed by atoms with Gasteiger partial charge >= 0.3 is 16.2 Å². The summed E-state index contributed by atoms with van der Waals surface area (Å²) in [5.74, 6) is -1.72. The van der Waals surface area contributed by atoms with Crippen LogP contribution in [0.25, 0.3) is 0 Å². The Morgan fingerprint density at radius 1 is 1.00 bits per heavy atom. The van der Waals surface area contributed by atoms with Gasteiger partial charge in [0.25, 0.3) is 5.91 Å². The number of hydrogen-bond donors (Lipinski definition) is 0. The van der Waals surface area contributed by atoms with Crippen LogP contribution in [0, 0.1) is 0 Å². The zero-order chi connectivity index (χ0) is 20.1. The average molecular weight is 406 g/mol. The van der Waals surface area contributed by atoms with Crippen molar-refractivity contribution in [1.82, 2.24) is 8.61 Å². The van der Waals surface area contributed by atoms with E-state index in [0.717, 1.165) is 5.56 Å². The number of benzene rings is 2. The molecule has 0 aromatic heterocycles. The molecule has 3 rings (SSSR count). The third kappa shape index (κ3) is 4.20. The zero-order valence-electron chi connectivity index (χ0n) is 14.9. The second-order valence-electron chi connectivity index (χ2n) is 6.21. The summed E-state index contributed by atoms with van der Waals surface area (Å²) in [6.45, 7) is -2.19. The molecule has 0 radical (unpaired) electrons.